The molecule has 2 aromatic heterocycles. The number of likely N-dealkylation sites (tertiary alicyclic amines) is 1. The topological polar surface area (TPSA) is 97.7 Å². The van der Waals surface area contributed by atoms with Gasteiger partial charge in [0.15, 0.2) is 0 Å². The first-order valence-electron chi connectivity index (χ1n) is 11.6. The van der Waals surface area contributed by atoms with Crippen LogP contribution in [0.5, 0.6) is 0 Å². The van der Waals surface area contributed by atoms with Gasteiger partial charge in [-0.15, -0.1) is 11.3 Å². The maximum atomic E-state index is 13.7. The average molecular weight is 637 g/mol. The second kappa shape index (κ2) is 10.3. The lowest BCUT2D eigenvalue weighted by atomic mass is 9.90. The number of hydrogen-bond donors (Lipinski definition) is 1. The van der Waals surface area contributed by atoms with Crippen LogP contribution >= 0.6 is 27.3 Å². The fourth-order valence-electron chi connectivity index (χ4n) is 4.71. The van der Waals surface area contributed by atoms with Crippen molar-refractivity contribution >= 4 is 60.1 Å². The number of carbonyl (C=O) groups is 2. The van der Waals surface area contributed by atoms with Crippen molar-refractivity contribution in [1.29, 1.82) is 0 Å². The van der Waals surface area contributed by atoms with Gasteiger partial charge in [0.05, 0.1) is 9.30 Å². The van der Waals surface area contributed by atoms with E-state index in [-0.39, 0.29) is 32.4 Å². The number of carbonyl (C=O) groups excluding carboxylic acids is 2. The smallest absolute Gasteiger partial charge is 0.438 e. The number of fused-ring (bicyclic) bond motifs is 1. The monoisotopic (exact) mass is 635 g/mol. The Morgan fingerprint density at radius 3 is 2.34 bits per heavy atom. The predicted molar refractivity (Wildman–Crippen MR) is 139 cm³/mol. The highest BCUT2D eigenvalue weighted by Crippen LogP contribution is 2.41. The van der Waals surface area contributed by atoms with Crippen LogP contribution in [0.3, 0.4) is 0 Å². The summed E-state index contributed by atoms with van der Waals surface area (Å²) in [6.07, 6.45) is -4.28. The van der Waals surface area contributed by atoms with Crippen LogP contribution in [0.15, 0.2) is 44.4 Å². The van der Waals surface area contributed by atoms with Crippen molar-refractivity contribution in [2.24, 2.45) is 0 Å². The molecule has 3 aromatic rings. The average Bonchev–Trinajstić information content (AvgIpc) is 3.41. The lowest BCUT2D eigenvalue weighted by Crippen LogP contribution is -2.52. The number of nitrogens with zero attached hydrogens (tertiary/aromatic N) is 2. The van der Waals surface area contributed by atoms with Gasteiger partial charge in [-0.1, -0.05) is 18.2 Å². The van der Waals surface area contributed by atoms with E-state index in [1.54, 1.807) is 18.2 Å². The van der Waals surface area contributed by atoms with E-state index in [1.807, 2.05) is 7.05 Å². The summed E-state index contributed by atoms with van der Waals surface area (Å²) in [5.41, 5.74) is -2.55. The maximum absolute atomic E-state index is 13.7. The minimum Gasteiger partial charge on any atom is -0.438 e. The highest BCUT2D eigenvalue weighted by Gasteiger charge is 2.51. The highest BCUT2D eigenvalue weighted by molar-refractivity contribution is 9.11. The SMILES string of the molecule is Cc1c(C(C)(OC(=O)C(F)(F)F)C(=O)NC2CCN(C)CC2)c2ccccc2n1S(=O)(=O)c1ccc(Br)s1. The molecular weight excluding hydrogens is 611 g/mol. The van der Waals surface area contributed by atoms with Gasteiger partial charge in [0, 0.05) is 22.7 Å². The van der Waals surface area contributed by atoms with Crippen molar-refractivity contribution in [3.63, 3.8) is 0 Å². The van der Waals surface area contributed by atoms with Gasteiger partial charge >= 0.3 is 12.1 Å². The molecule has 4 rings (SSSR count). The Labute approximate surface area is 229 Å². The van der Waals surface area contributed by atoms with Gasteiger partial charge in [-0.25, -0.2) is 8.77 Å². The maximum Gasteiger partial charge on any atom is 0.490 e. The number of esters is 1. The van der Waals surface area contributed by atoms with Crippen LogP contribution in [0.4, 0.5) is 13.2 Å². The molecule has 0 aliphatic carbocycles. The number of nitrogens with one attached hydrogen (secondary N) is 1. The number of benzene rings is 1. The van der Waals surface area contributed by atoms with E-state index in [1.165, 1.54) is 25.1 Å². The summed E-state index contributed by atoms with van der Waals surface area (Å²) in [6, 6.07) is 8.69. The summed E-state index contributed by atoms with van der Waals surface area (Å²) >= 11 is 4.20. The summed E-state index contributed by atoms with van der Waals surface area (Å²) in [5.74, 6) is -3.52. The van der Waals surface area contributed by atoms with E-state index in [9.17, 15) is 31.2 Å². The Morgan fingerprint density at radius 2 is 1.76 bits per heavy atom. The van der Waals surface area contributed by atoms with Crippen molar-refractivity contribution in [3.05, 3.63) is 51.4 Å². The van der Waals surface area contributed by atoms with Gasteiger partial charge in [-0.05, 0) is 81.0 Å². The first kappa shape index (κ1) is 28.6. The van der Waals surface area contributed by atoms with E-state index >= 15 is 0 Å². The summed E-state index contributed by atoms with van der Waals surface area (Å²) in [5, 5.41) is 2.90. The molecule has 206 valence electrons. The standard InChI is InChI=1S/C24H25BrF3N3O5S2/c1-14-20(16-6-4-5-7-17(16)31(14)38(34,35)19-9-8-18(25)37-19)23(2,36-22(33)24(26,27)28)21(32)29-15-10-12-30(3)13-11-15/h4-9,15H,10-13H2,1-3H3,(H,29,32). The fourth-order valence-corrected chi connectivity index (χ4v) is 8.35. The molecule has 1 aliphatic heterocycles. The van der Waals surface area contributed by atoms with Gasteiger partial charge in [-0.2, -0.15) is 21.6 Å². The van der Waals surface area contributed by atoms with Crippen LogP contribution in [0.1, 0.15) is 31.0 Å². The zero-order valence-corrected chi connectivity index (χ0v) is 23.9. The first-order valence-corrected chi connectivity index (χ1v) is 14.6. The molecule has 8 nitrogen and oxygen atoms in total. The fraction of sp³-hybridized carbons (Fsp3) is 0.417. The molecule has 14 heteroatoms. The molecule has 1 unspecified atom stereocenters. The van der Waals surface area contributed by atoms with Gasteiger partial charge < -0.3 is 15.0 Å². The third kappa shape index (κ3) is 5.23. The number of halogens is 4. The van der Waals surface area contributed by atoms with Gasteiger partial charge in [-0.3, -0.25) is 4.79 Å². The number of hydrogen-bond acceptors (Lipinski definition) is 7. The summed E-state index contributed by atoms with van der Waals surface area (Å²) in [6.45, 7) is 3.76. The number of aromatic nitrogens is 1. The second-order valence-electron chi connectivity index (χ2n) is 9.28. The van der Waals surface area contributed by atoms with E-state index in [4.69, 9.17) is 4.74 Å². The number of amides is 1. The van der Waals surface area contributed by atoms with Gasteiger partial charge in [0.25, 0.3) is 15.9 Å². The normalized spacial score (nSPS) is 17.3. The molecule has 1 N–H and O–H groups in total. The van der Waals surface area contributed by atoms with Crippen molar-refractivity contribution < 1.29 is 35.9 Å². The zero-order chi connectivity index (χ0) is 28.0. The molecule has 1 aliphatic rings. The predicted octanol–water partition coefficient (Wildman–Crippen LogP) is 4.54. The van der Waals surface area contributed by atoms with E-state index in [2.05, 4.69) is 26.1 Å². The molecule has 0 bridgehead atoms. The van der Waals surface area contributed by atoms with Crippen LogP contribution < -0.4 is 5.32 Å². The molecular formula is C24H25BrF3N3O5S2. The first-order chi connectivity index (χ1) is 17.7. The number of thiophene rings is 1. The van der Waals surface area contributed by atoms with Crippen molar-refractivity contribution in [2.75, 3.05) is 20.1 Å². The number of rotatable bonds is 6. The quantitative estimate of drug-likeness (QED) is 0.400. The van der Waals surface area contributed by atoms with Crippen LogP contribution in [0.25, 0.3) is 10.9 Å². The molecule has 0 spiro atoms. The number of alkyl halides is 3. The van der Waals surface area contributed by atoms with E-state index in [0.29, 0.717) is 29.7 Å². The summed E-state index contributed by atoms with van der Waals surface area (Å²) in [4.78, 5) is 27.8. The van der Waals surface area contributed by atoms with E-state index in [0.717, 1.165) is 22.2 Å². The van der Waals surface area contributed by atoms with E-state index < -0.39 is 33.7 Å². The summed E-state index contributed by atoms with van der Waals surface area (Å²) in [7, 11) is -2.31. The second-order valence-corrected chi connectivity index (χ2v) is 13.8. The van der Waals surface area contributed by atoms with Crippen LogP contribution in [-0.4, -0.2) is 61.5 Å². The molecule has 3 heterocycles. The molecule has 0 radical (unpaired) electrons. The Hall–Kier alpha value is -2.42. The molecule has 1 aromatic carbocycles. The highest BCUT2D eigenvalue weighted by atomic mass is 79.9. The largest absolute Gasteiger partial charge is 0.490 e. The summed E-state index contributed by atoms with van der Waals surface area (Å²) < 4.78 is 73.9. The molecule has 1 atom stereocenters. The lowest BCUT2D eigenvalue weighted by molar-refractivity contribution is -0.214. The Kier molecular flexibility index (Phi) is 7.73. The molecule has 0 saturated carbocycles. The van der Waals surface area contributed by atoms with Crippen molar-refractivity contribution in [3.8, 4) is 0 Å². The van der Waals surface area contributed by atoms with Gasteiger partial charge in [0.2, 0.25) is 5.60 Å². The van der Waals surface area contributed by atoms with Crippen LogP contribution in [-0.2, 0) is 30.0 Å². The van der Waals surface area contributed by atoms with Crippen molar-refractivity contribution in [1.82, 2.24) is 14.2 Å². The number of ether oxygens (including phenoxy) is 1. The zero-order valence-electron chi connectivity index (χ0n) is 20.6. The number of para-hydroxylation sites is 1. The molecule has 38 heavy (non-hydrogen) atoms. The Balaban J connectivity index is 1.91. The number of piperidine rings is 1. The van der Waals surface area contributed by atoms with Crippen molar-refractivity contribution in [2.45, 2.75) is 48.7 Å². The molecule has 1 saturated heterocycles. The third-order valence-electron chi connectivity index (χ3n) is 6.59. The molecule has 1 fully saturated rings. The lowest BCUT2D eigenvalue weighted by Gasteiger charge is -2.34. The Bertz CT molecular complexity index is 1490. The molecule has 1 amide bonds. The third-order valence-corrected chi connectivity index (χ3v) is 10.5. The minimum atomic E-state index is -5.38. The Morgan fingerprint density at radius 1 is 1.13 bits per heavy atom. The van der Waals surface area contributed by atoms with Crippen LogP contribution in [0.2, 0.25) is 0 Å². The minimum absolute atomic E-state index is 0.0236. The van der Waals surface area contributed by atoms with Gasteiger partial charge in [0.1, 0.15) is 4.21 Å². The van der Waals surface area contributed by atoms with Crippen LogP contribution in [0, 0.1) is 6.92 Å².